The van der Waals surface area contributed by atoms with Crippen molar-refractivity contribution in [3.05, 3.63) is 86.1 Å². The molecule has 9 nitrogen and oxygen atoms in total. The standard InChI is InChI=1S/C26H31N5O4/c1-5-30-25(34)22(23(27)31(26(30)35)15-18-9-7-6-8-10-18)21(32)14-28-20-13-19(12-11-17(20)4)29-24(33)16(2)3/h6-13,16,28H,5,14-15,27H2,1-4H3,(H,29,33). The van der Waals surface area contributed by atoms with Crippen molar-refractivity contribution in [3.8, 4) is 0 Å². The molecule has 1 amide bonds. The lowest BCUT2D eigenvalue weighted by Gasteiger charge is -2.17. The van der Waals surface area contributed by atoms with Crippen LogP contribution in [0.25, 0.3) is 0 Å². The minimum Gasteiger partial charge on any atom is -0.384 e. The maximum atomic E-state index is 13.2. The number of aromatic nitrogens is 2. The van der Waals surface area contributed by atoms with Crippen molar-refractivity contribution in [2.75, 3.05) is 22.9 Å². The van der Waals surface area contributed by atoms with Gasteiger partial charge in [0.2, 0.25) is 5.91 Å². The second kappa shape index (κ2) is 10.9. The first kappa shape index (κ1) is 25.5. The summed E-state index contributed by atoms with van der Waals surface area (Å²) in [4.78, 5) is 51.1. The first-order valence-electron chi connectivity index (χ1n) is 11.5. The molecule has 0 fully saturated rings. The first-order chi connectivity index (χ1) is 16.6. The Kier molecular flexibility index (Phi) is 7.91. The largest absolute Gasteiger partial charge is 0.384 e. The molecule has 1 heterocycles. The van der Waals surface area contributed by atoms with E-state index in [1.807, 2.05) is 43.3 Å². The predicted octanol–water partition coefficient (Wildman–Crippen LogP) is 2.86. The van der Waals surface area contributed by atoms with Gasteiger partial charge >= 0.3 is 5.69 Å². The number of anilines is 3. The number of nitrogen functional groups attached to an aromatic ring is 1. The SMILES string of the molecule is CCn1c(=O)c(C(=O)CNc2cc(NC(=O)C(C)C)ccc2C)c(N)n(Cc2ccccc2)c1=O. The molecule has 0 spiro atoms. The van der Waals surface area contributed by atoms with E-state index in [4.69, 9.17) is 5.73 Å². The van der Waals surface area contributed by atoms with Gasteiger partial charge in [-0.2, -0.15) is 0 Å². The van der Waals surface area contributed by atoms with E-state index >= 15 is 0 Å². The van der Waals surface area contributed by atoms with Crippen LogP contribution >= 0.6 is 0 Å². The third-order valence-electron chi connectivity index (χ3n) is 5.72. The summed E-state index contributed by atoms with van der Waals surface area (Å²) in [6.07, 6.45) is 0. The molecule has 0 saturated carbocycles. The fourth-order valence-electron chi connectivity index (χ4n) is 3.62. The number of rotatable bonds is 9. The second-order valence-corrected chi connectivity index (χ2v) is 8.61. The van der Waals surface area contributed by atoms with Crippen molar-refractivity contribution < 1.29 is 9.59 Å². The second-order valence-electron chi connectivity index (χ2n) is 8.61. The zero-order valence-electron chi connectivity index (χ0n) is 20.4. The van der Waals surface area contributed by atoms with E-state index in [2.05, 4.69) is 10.6 Å². The van der Waals surface area contributed by atoms with Crippen LogP contribution in [0.4, 0.5) is 17.2 Å². The highest BCUT2D eigenvalue weighted by atomic mass is 16.2. The van der Waals surface area contributed by atoms with Gasteiger partial charge < -0.3 is 16.4 Å². The Bertz CT molecular complexity index is 1360. The fourth-order valence-corrected chi connectivity index (χ4v) is 3.62. The Balaban J connectivity index is 1.91. The molecule has 2 aromatic carbocycles. The molecular weight excluding hydrogens is 446 g/mol. The van der Waals surface area contributed by atoms with Gasteiger partial charge in [-0.25, -0.2) is 4.79 Å². The molecule has 4 N–H and O–H groups in total. The molecule has 0 atom stereocenters. The van der Waals surface area contributed by atoms with Crippen molar-refractivity contribution in [1.82, 2.24) is 9.13 Å². The van der Waals surface area contributed by atoms with Crippen molar-refractivity contribution in [1.29, 1.82) is 0 Å². The summed E-state index contributed by atoms with van der Waals surface area (Å²) in [7, 11) is 0. The van der Waals surface area contributed by atoms with E-state index in [0.29, 0.717) is 11.4 Å². The first-order valence-corrected chi connectivity index (χ1v) is 11.5. The molecule has 3 aromatic rings. The topological polar surface area (TPSA) is 128 Å². The zero-order valence-corrected chi connectivity index (χ0v) is 20.4. The highest BCUT2D eigenvalue weighted by Crippen LogP contribution is 2.21. The summed E-state index contributed by atoms with van der Waals surface area (Å²) >= 11 is 0. The molecule has 35 heavy (non-hydrogen) atoms. The number of amides is 1. The zero-order chi connectivity index (χ0) is 25.7. The lowest BCUT2D eigenvalue weighted by Crippen LogP contribution is -2.44. The van der Waals surface area contributed by atoms with Gasteiger partial charge in [-0.3, -0.25) is 23.5 Å². The third-order valence-corrected chi connectivity index (χ3v) is 5.72. The lowest BCUT2D eigenvalue weighted by molar-refractivity contribution is -0.118. The highest BCUT2D eigenvalue weighted by molar-refractivity contribution is 6.02. The van der Waals surface area contributed by atoms with E-state index in [9.17, 15) is 19.2 Å². The summed E-state index contributed by atoms with van der Waals surface area (Å²) < 4.78 is 2.26. The molecule has 0 aliphatic heterocycles. The maximum absolute atomic E-state index is 13.2. The number of Topliss-reactive ketones (excluding diaryl/α,β-unsaturated/α-hetero) is 1. The number of nitrogens with two attached hydrogens (primary N) is 1. The van der Waals surface area contributed by atoms with Crippen LogP contribution in [-0.2, 0) is 17.9 Å². The summed E-state index contributed by atoms with van der Waals surface area (Å²) in [5, 5.41) is 5.86. The third kappa shape index (κ3) is 5.68. The van der Waals surface area contributed by atoms with E-state index < -0.39 is 17.0 Å². The average Bonchev–Trinajstić information content (AvgIpc) is 2.83. The highest BCUT2D eigenvalue weighted by Gasteiger charge is 2.22. The molecular formula is C26H31N5O4. The molecule has 3 rings (SSSR count). The molecule has 0 aliphatic carbocycles. The van der Waals surface area contributed by atoms with Crippen molar-refractivity contribution >= 4 is 28.9 Å². The number of benzene rings is 2. The molecule has 9 heteroatoms. The Morgan fingerprint density at radius 3 is 2.34 bits per heavy atom. The molecule has 0 unspecified atom stereocenters. The van der Waals surface area contributed by atoms with Crippen molar-refractivity contribution in [2.24, 2.45) is 5.92 Å². The quantitative estimate of drug-likeness (QED) is 0.407. The molecule has 1 aromatic heterocycles. The molecule has 0 radical (unpaired) electrons. The monoisotopic (exact) mass is 477 g/mol. The van der Waals surface area contributed by atoms with E-state index in [-0.39, 0.29) is 42.8 Å². The van der Waals surface area contributed by atoms with E-state index in [1.165, 1.54) is 4.57 Å². The van der Waals surface area contributed by atoms with Crippen LogP contribution in [0.15, 0.2) is 58.1 Å². The van der Waals surface area contributed by atoms with Gasteiger partial charge in [0.1, 0.15) is 11.4 Å². The molecule has 0 saturated heterocycles. The number of nitrogens with zero attached hydrogens (tertiary/aromatic N) is 2. The average molecular weight is 478 g/mol. The molecule has 184 valence electrons. The number of carbonyl (C=O) groups excluding carboxylic acids is 2. The Hall–Kier alpha value is -4.14. The van der Waals surface area contributed by atoms with Crippen LogP contribution in [0.5, 0.6) is 0 Å². The van der Waals surface area contributed by atoms with Crippen LogP contribution in [-0.4, -0.2) is 27.4 Å². The Morgan fingerprint density at radius 1 is 1.03 bits per heavy atom. The van der Waals surface area contributed by atoms with Crippen molar-refractivity contribution in [3.63, 3.8) is 0 Å². The minimum atomic E-state index is -0.708. The number of aryl methyl sites for hydroxylation is 1. The van der Waals surface area contributed by atoms with Gasteiger partial charge in [-0.1, -0.05) is 50.2 Å². The Morgan fingerprint density at radius 2 is 1.71 bits per heavy atom. The van der Waals surface area contributed by atoms with Gasteiger partial charge in [0.25, 0.3) is 5.56 Å². The van der Waals surface area contributed by atoms with Crippen LogP contribution in [0.3, 0.4) is 0 Å². The van der Waals surface area contributed by atoms with Crippen LogP contribution in [0, 0.1) is 12.8 Å². The smallest absolute Gasteiger partial charge is 0.332 e. The summed E-state index contributed by atoms with van der Waals surface area (Å²) in [6, 6.07) is 14.5. The lowest BCUT2D eigenvalue weighted by atomic mass is 10.1. The number of hydrogen-bond acceptors (Lipinski definition) is 6. The van der Waals surface area contributed by atoms with Crippen LogP contribution < -0.4 is 27.6 Å². The van der Waals surface area contributed by atoms with Crippen LogP contribution in [0.1, 0.15) is 42.3 Å². The summed E-state index contributed by atoms with van der Waals surface area (Å²) in [5.41, 5.74) is 7.61. The molecule has 0 aliphatic rings. The number of nitrogens with one attached hydrogen (secondary N) is 2. The van der Waals surface area contributed by atoms with Gasteiger partial charge in [0.05, 0.1) is 13.1 Å². The maximum Gasteiger partial charge on any atom is 0.332 e. The number of carbonyl (C=O) groups is 2. The van der Waals surface area contributed by atoms with Gasteiger partial charge in [0, 0.05) is 23.8 Å². The Labute approximate surface area is 203 Å². The van der Waals surface area contributed by atoms with Crippen molar-refractivity contribution in [2.45, 2.75) is 40.8 Å². The van der Waals surface area contributed by atoms with Gasteiger partial charge in [-0.15, -0.1) is 0 Å². The molecule has 0 bridgehead atoms. The normalized spacial score (nSPS) is 10.9. The fraction of sp³-hybridized carbons (Fsp3) is 0.308. The van der Waals surface area contributed by atoms with E-state index in [0.717, 1.165) is 15.7 Å². The number of ketones is 1. The predicted molar refractivity (Wildman–Crippen MR) is 138 cm³/mol. The minimum absolute atomic E-state index is 0.108. The summed E-state index contributed by atoms with van der Waals surface area (Å²) in [5.74, 6) is -0.989. The van der Waals surface area contributed by atoms with E-state index in [1.54, 1.807) is 32.9 Å². The number of hydrogen-bond donors (Lipinski definition) is 3. The van der Waals surface area contributed by atoms with Gasteiger partial charge in [-0.05, 0) is 37.1 Å². The summed E-state index contributed by atoms with van der Waals surface area (Å²) in [6.45, 7) is 7.15. The van der Waals surface area contributed by atoms with Gasteiger partial charge in [0.15, 0.2) is 5.78 Å². The van der Waals surface area contributed by atoms with Crippen LogP contribution in [0.2, 0.25) is 0 Å².